The molecule has 0 aromatic heterocycles. The Morgan fingerprint density at radius 2 is 1.83 bits per heavy atom. The third kappa shape index (κ3) is 9.86. The van der Waals surface area contributed by atoms with Crippen LogP contribution in [0.25, 0.3) is 0 Å². The Bertz CT molecular complexity index is 42.8. The number of carboxylic acid groups (broad SMARTS) is 1. The van der Waals surface area contributed by atoms with Crippen LogP contribution >= 0.6 is 0 Å². The average molecular weight is 110 g/mol. The third-order valence-electron chi connectivity index (χ3n) is 0.0781. The zero-order chi connectivity index (χ0) is 4.28. The highest BCUT2D eigenvalue weighted by molar-refractivity contribution is 5.75. The molecule has 0 saturated carbocycles. The lowest BCUT2D eigenvalue weighted by Gasteiger charge is -1.75. The van der Waals surface area contributed by atoms with E-state index in [4.69, 9.17) is 15.2 Å². The maximum atomic E-state index is 8.90. The van der Waals surface area contributed by atoms with Crippen molar-refractivity contribution in [2.24, 2.45) is 0 Å². The van der Waals surface area contributed by atoms with Gasteiger partial charge in [-0.2, -0.15) is 5.26 Å². The Morgan fingerprint density at radius 1 is 1.67 bits per heavy atom. The van der Waals surface area contributed by atoms with Gasteiger partial charge in [-0.25, -0.2) is 4.79 Å². The maximum Gasteiger partial charge on any atom is 0.537 e. The van der Waals surface area contributed by atoms with E-state index in [0.29, 0.717) is 0 Å². The predicted octanol–water partition coefficient (Wildman–Crippen LogP) is -1.30. The van der Waals surface area contributed by atoms with Crippen molar-refractivity contribution >= 4 is 17.1 Å². The maximum absolute atomic E-state index is 8.90. The van der Waals surface area contributed by atoms with E-state index in [1.165, 1.54) is 0 Å². The zero-order valence-electron chi connectivity index (χ0n) is 2.21. The molecule has 0 saturated heterocycles. The van der Waals surface area contributed by atoms with E-state index in [2.05, 4.69) is 4.89 Å². The molecular weight excluding hydrogens is 104 g/mol. The van der Waals surface area contributed by atoms with E-state index < -0.39 is 6.16 Å². The van der Waals surface area contributed by atoms with Gasteiger partial charge in [-0.1, -0.05) is 0 Å². The molecule has 0 heterocycles. The highest BCUT2D eigenvalue weighted by Crippen LogP contribution is 1.59. The van der Waals surface area contributed by atoms with Gasteiger partial charge in [0.1, 0.15) is 0 Å². The van der Waals surface area contributed by atoms with Crippen molar-refractivity contribution in [3.05, 3.63) is 0 Å². The summed E-state index contributed by atoms with van der Waals surface area (Å²) in [7, 11) is 0. The second-order valence-corrected chi connectivity index (χ2v) is 0.357. The molecule has 0 bridgehead atoms. The first-order valence-electron chi connectivity index (χ1n) is 0.814. The minimum absolute atomic E-state index is 0. The largest absolute Gasteiger partial charge is 0.537 e. The van der Waals surface area contributed by atoms with Gasteiger partial charge in [0.05, 0.1) is 0 Å². The van der Waals surface area contributed by atoms with Crippen LogP contribution in [0.5, 0.6) is 0 Å². The summed E-state index contributed by atoms with van der Waals surface area (Å²) < 4.78 is 0. The van der Waals surface area contributed by atoms with Gasteiger partial charge in [0.25, 0.3) is 0 Å². The van der Waals surface area contributed by atoms with Crippen molar-refractivity contribution in [3.63, 3.8) is 0 Å². The fourth-order valence-corrected chi connectivity index (χ4v) is 0. The van der Waals surface area contributed by atoms with Crippen LogP contribution in [0.4, 0.5) is 4.79 Å². The van der Waals surface area contributed by atoms with Gasteiger partial charge in [-0.05, 0) is 11.0 Å². The third-order valence-corrected chi connectivity index (χ3v) is 0.0781. The zero-order valence-corrected chi connectivity index (χ0v) is 2.21. The van der Waals surface area contributed by atoms with Crippen molar-refractivity contribution < 1.29 is 20.0 Å². The van der Waals surface area contributed by atoms with Crippen LogP contribution in [0.1, 0.15) is 0 Å². The molecule has 0 spiro atoms. The van der Waals surface area contributed by atoms with Gasteiger partial charge in [0.15, 0.2) is 0 Å². The van der Waals surface area contributed by atoms with Crippen LogP contribution in [0.3, 0.4) is 0 Å². The smallest absolute Gasteiger partial charge is 0.448 e. The van der Waals surface area contributed by atoms with Crippen molar-refractivity contribution in [3.8, 4) is 0 Å². The molecule has 0 aromatic carbocycles. The molecule has 0 aliphatic carbocycles. The summed E-state index contributed by atoms with van der Waals surface area (Å²) >= 11 is 0. The van der Waals surface area contributed by atoms with Crippen molar-refractivity contribution in [1.29, 1.82) is 0 Å². The van der Waals surface area contributed by atoms with Crippen LogP contribution in [0, 0.1) is 0 Å². The number of hydrogen-bond donors (Lipinski definition) is 2. The van der Waals surface area contributed by atoms with E-state index in [-0.39, 0.29) is 11.0 Å². The van der Waals surface area contributed by atoms with E-state index in [0.717, 1.165) is 0 Å². The SMILES string of the molecule is O=C(O)OO.[SiH4]. The highest BCUT2D eigenvalue weighted by atomic mass is 28.1. The summed E-state index contributed by atoms with van der Waals surface area (Å²) in [6.07, 6.45) is -1.69. The predicted molar refractivity (Wildman–Crippen MR) is 23.1 cm³/mol. The van der Waals surface area contributed by atoms with Crippen molar-refractivity contribution in [1.82, 2.24) is 0 Å². The summed E-state index contributed by atoms with van der Waals surface area (Å²) in [6.45, 7) is 0. The molecule has 0 radical (unpaired) electrons. The van der Waals surface area contributed by atoms with Gasteiger partial charge < -0.3 is 5.11 Å². The Kier molecular flexibility index (Phi) is 6.72. The molecule has 5 heteroatoms. The van der Waals surface area contributed by atoms with E-state index in [9.17, 15) is 0 Å². The first kappa shape index (κ1) is 9.07. The topological polar surface area (TPSA) is 66.8 Å². The lowest BCUT2D eigenvalue weighted by Crippen LogP contribution is -1.91. The summed E-state index contributed by atoms with van der Waals surface area (Å²) in [5, 5.41) is 14.3. The summed E-state index contributed by atoms with van der Waals surface area (Å²) in [6, 6.07) is 0. The monoisotopic (exact) mass is 110 g/mol. The number of carbonyl (C=O) groups is 1. The summed E-state index contributed by atoms with van der Waals surface area (Å²) in [4.78, 5) is 11.6. The molecule has 0 rings (SSSR count). The minimum Gasteiger partial charge on any atom is -0.448 e. The Labute approximate surface area is 38.3 Å². The molecule has 38 valence electrons. The summed E-state index contributed by atoms with van der Waals surface area (Å²) in [5.41, 5.74) is 0. The second kappa shape index (κ2) is 4.45. The average Bonchev–Trinajstić information content (AvgIpc) is 1.38. The van der Waals surface area contributed by atoms with Crippen LogP contribution in [0.2, 0.25) is 0 Å². The van der Waals surface area contributed by atoms with Crippen LogP contribution < -0.4 is 0 Å². The molecule has 0 atom stereocenters. The number of rotatable bonds is 0. The van der Waals surface area contributed by atoms with Crippen LogP contribution in [-0.2, 0) is 4.89 Å². The van der Waals surface area contributed by atoms with Gasteiger partial charge in [0.2, 0.25) is 0 Å². The Hall–Kier alpha value is -0.553. The minimum atomic E-state index is -1.69. The molecule has 0 aromatic rings. The Morgan fingerprint density at radius 3 is 1.83 bits per heavy atom. The molecule has 0 fully saturated rings. The molecule has 0 aliphatic heterocycles. The lowest BCUT2D eigenvalue weighted by atomic mass is 11.5. The van der Waals surface area contributed by atoms with E-state index >= 15 is 0 Å². The molecule has 2 N–H and O–H groups in total. The molecule has 6 heavy (non-hydrogen) atoms. The first-order chi connectivity index (χ1) is 2.27. The van der Waals surface area contributed by atoms with Gasteiger partial charge in [-0.15, -0.1) is 0 Å². The molecule has 4 nitrogen and oxygen atoms in total. The molecular formula is CH6O4Si. The quantitative estimate of drug-likeness (QED) is 0.231. The second-order valence-electron chi connectivity index (χ2n) is 0.357. The summed E-state index contributed by atoms with van der Waals surface area (Å²) in [5.74, 6) is 0. The lowest BCUT2D eigenvalue weighted by molar-refractivity contribution is -0.194. The van der Waals surface area contributed by atoms with Crippen LogP contribution in [-0.4, -0.2) is 27.5 Å². The molecule has 0 amide bonds. The van der Waals surface area contributed by atoms with Crippen molar-refractivity contribution in [2.75, 3.05) is 0 Å². The highest BCUT2D eigenvalue weighted by Gasteiger charge is 1.84. The van der Waals surface area contributed by atoms with Gasteiger partial charge >= 0.3 is 6.16 Å². The Balaban J connectivity index is 0. The number of hydrogen-bond acceptors (Lipinski definition) is 3. The fraction of sp³-hybridized carbons (Fsp3) is 0. The van der Waals surface area contributed by atoms with Crippen LogP contribution in [0.15, 0.2) is 0 Å². The standard InChI is InChI=1S/CH2O4.H4Si/c2-1(3)5-4;/h4H,(H,2,3);1H4. The molecule has 0 unspecified atom stereocenters. The van der Waals surface area contributed by atoms with E-state index in [1.54, 1.807) is 0 Å². The van der Waals surface area contributed by atoms with Gasteiger partial charge in [-0.3, -0.25) is 4.89 Å². The van der Waals surface area contributed by atoms with E-state index in [1.807, 2.05) is 0 Å². The molecule has 0 aliphatic rings. The first-order valence-corrected chi connectivity index (χ1v) is 0.814. The fourth-order valence-electron chi connectivity index (χ4n) is 0. The van der Waals surface area contributed by atoms with Crippen molar-refractivity contribution in [2.45, 2.75) is 0 Å². The van der Waals surface area contributed by atoms with Gasteiger partial charge in [0, 0.05) is 0 Å². The normalized spacial score (nSPS) is 5.50.